The molecule has 1 aromatic heterocycles. The number of hydrogen-bond donors (Lipinski definition) is 1. The van der Waals surface area contributed by atoms with E-state index in [1.54, 1.807) is 0 Å². The predicted molar refractivity (Wildman–Crippen MR) is 46.7 cm³/mol. The first kappa shape index (κ1) is 7.40. The van der Waals surface area contributed by atoms with Gasteiger partial charge in [0.05, 0.1) is 5.69 Å². The topological polar surface area (TPSA) is 37.5 Å². The molecule has 3 nitrogen and oxygen atoms in total. The first-order valence-corrected chi connectivity index (χ1v) is 4.19. The maximum atomic E-state index is 8.72. The molecule has 0 bridgehead atoms. The molecule has 2 heterocycles. The zero-order valence-corrected chi connectivity index (χ0v) is 7.12. The minimum Gasteiger partial charge on any atom is -0.411 e. The van der Waals surface area contributed by atoms with Crippen molar-refractivity contribution in [3.05, 3.63) is 23.5 Å². The molecule has 2 rings (SSSR count). The number of hydrogen-bond acceptors (Lipinski definition) is 2. The summed E-state index contributed by atoms with van der Waals surface area (Å²) < 4.78 is 2.15. The van der Waals surface area contributed by atoms with Gasteiger partial charge < -0.3 is 9.77 Å². The van der Waals surface area contributed by atoms with Crippen LogP contribution in [-0.2, 0) is 6.54 Å². The van der Waals surface area contributed by atoms with E-state index in [-0.39, 0.29) is 0 Å². The van der Waals surface area contributed by atoms with Crippen LogP contribution < -0.4 is 0 Å². The predicted octanol–water partition coefficient (Wildman–Crippen LogP) is 1.77. The molecule has 0 aliphatic carbocycles. The lowest BCUT2D eigenvalue weighted by atomic mass is 10.1. The summed E-state index contributed by atoms with van der Waals surface area (Å²) in [6.07, 6.45) is 4.06. The van der Waals surface area contributed by atoms with Crippen LogP contribution in [0.3, 0.4) is 0 Å². The third-order valence-corrected chi connectivity index (χ3v) is 2.26. The Hall–Kier alpha value is -1.25. The van der Waals surface area contributed by atoms with Crippen molar-refractivity contribution in [1.82, 2.24) is 4.57 Å². The Bertz CT molecular complexity index is 325. The fraction of sp³-hybridized carbons (Fsp3) is 0.444. The van der Waals surface area contributed by atoms with Gasteiger partial charge in [-0.15, -0.1) is 0 Å². The summed E-state index contributed by atoms with van der Waals surface area (Å²) in [6.45, 7) is 3.10. The molecule has 0 amide bonds. The van der Waals surface area contributed by atoms with Gasteiger partial charge in [-0.05, 0) is 31.4 Å². The quantitative estimate of drug-likeness (QED) is 0.460. The molecule has 0 saturated heterocycles. The molecular formula is C9H12N2O. The average molecular weight is 164 g/mol. The summed E-state index contributed by atoms with van der Waals surface area (Å²) in [6, 6.07) is 2.06. The van der Waals surface area contributed by atoms with Gasteiger partial charge in [-0.2, -0.15) is 0 Å². The molecule has 1 aliphatic heterocycles. The molecule has 0 saturated carbocycles. The maximum absolute atomic E-state index is 8.72. The van der Waals surface area contributed by atoms with Crippen molar-refractivity contribution in [2.45, 2.75) is 26.3 Å². The van der Waals surface area contributed by atoms with E-state index >= 15 is 0 Å². The summed E-state index contributed by atoms with van der Waals surface area (Å²) in [5.41, 5.74) is 3.11. The fourth-order valence-corrected chi connectivity index (χ4v) is 1.73. The third-order valence-electron chi connectivity index (χ3n) is 2.26. The molecule has 1 N–H and O–H groups in total. The Morgan fingerprint density at radius 2 is 2.42 bits per heavy atom. The van der Waals surface area contributed by atoms with Crippen LogP contribution in [0.2, 0.25) is 0 Å². The molecular weight excluding hydrogens is 152 g/mol. The van der Waals surface area contributed by atoms with Crippen LogP contribution in [0.4, 0.5) is 0 Å². The summed E-state index contributed by atoms with van der Waals surface area (Å²) in [7, 11) is 0. The number of aromatic nitrogens is 1. The molecule has 0 fully saturated rings. The van der Waals surface area contributed by atoms with E-state index in [1.807, 2.05) is 0 Å². The molecule has 0 radical (unpaired) electrons. The molecule has 12 heavy (non-hydrogen) atoms. The molecule has 1 aliphatic rings. The molecule has 0 atom stereocenters. The lowest BCUT2D eigenvalue weighted by molar-refractivity contribution is 0.316. The van der Waals surface area contributed by atoms with Gasteiger partial charge in [0.1, 0.15) is 5.71 Å². The normalized spacial score (nSPS) is 19.6. The van der Waals surface area contributed by atoms with Gasteiger partial charge in [0, 0.05) is 12.7 Å². The van der Waals surface area contributed by atoms with Gasteiger partial charge in [-0.25, -0.2) is 0 Å². The highest BCUT2D eigenvalue weighted by molar-refractivity contribution is 5.99. The Labute approximate surface area is 71.3 Å². The van der Waals surface area contributed by atoms with E-state index in [4.69, 9.17) is 5.21 Å². The molecule has 1 aromatic rings. The van der Waals surface area contributed by atoms with E-state index in [1.165, 1.54) is 5.56 Å². The van der Waals surface area contributed by atoms with Gasteiger partial charge >= 0.3 is 0 Å². The van der Waals surface area contributed by atoms with Crippen LogP contribution in [0.1, 0.15) is 24.1 Å². The van der Waals surface area contributed by atoms with Gasteiger partial charge in [0.25, 0.3) is 0 Å². The van der Waals surface area contributed by atoms with Crippen molar-refractivity contribution in [3.8, 4) is 0 Å². The Morgan fingerprint density at radius 3 is 3.17 bits per heavy atom. The average Bonchev–Trinajstić information content (AvgIpc) is 2.44. The summed E-state index contributed by atoms with van der Waals surface area (Å²) in [5.74, 6) is 0. The highest BCUT2D eigenvalue weighted by Crippen LogP contribution is 2.17. The molecule has 64 valence electrons. The third kappa shape index (κ3) is 1.02. The first-order valence-electron chi connectivity index (χ1n) is 4.19. The fourth-order valence-electron chi connectivity index (χ4n) is 1.73. The Morgan fingerprint density at radius 1 is 1.58 bits per heavy atom. The van der Waals surface area contributed by atoms with Crippen molar-refractivity contribution in [2.24, 2.45) is 5.16 Å². The van der Waals surface area contributed by atoms with Gasteiger partial charge in [0.15, 0.2) is 0 Å². The minimum atomic E-state index is 0.814. The van der Waals surface area contributed by atoms with E-state index in [2.05, 4.69) is 28.9 Å². The number of aryl methyl sites for hydroxylation is 2. The summed E-state index contributed by atoms with van der Waals surface area (Å²) >= 11 is 0. The van der Waals surface area contributed by atoms with Crippen LogP contribution in [-0.4, -0.2) is 15.5 Å². The lowest BCUT2D eigenvalue weighted by Crippen LogP contribution is -2.16. The van der Waals surface area contributed by atoms with E-state index in [0.29, 0.717) is 0 Å². The van der Waals surface area contributed by atoms with Crippen molar-refractivity contribution in [3.63, 3.8) is 0 Å². The highest BCUT2D eigenvalue weighted by atomic mass is 16.4. The zero-order chi connectivity index (χ0) is 8.55. The van der Waals surface area contributed by atoms with E-state index < -0.39 is 0 Å². The Balaban J connectivity index is 2.50. The summed E-state index contributed by atoms with van der Waals surface area (Å²) in [5, 5.41) is 12.0. The molecule has 0 spiro atoms. The monoisotopic (exact) mass is 164 g/mol. The standard InChI is InChI=1S/C9H12N2O/c1-7-5-9-8(10-12)3-2-4-11(9)6-7/h5-6,12H,2-4H2,1H3/b10-8-. The molecule has 0 unspecified atom stereocenters. The summed E-state index contributed by atoms with van der Waals surface area (Å²) in [4.78, 5) is 0. The van der Waals surface area contributed by atoms with Crippen LogP contribution in [0.15, 0.2) is 17.4 Å². The number of fused-ring (bicyclic) bond motifs is 1. The van der Waals surface area contributed by atoms with Crippen molar-refractivity contribution < 1.29 is 5.21 Å². The van der Waals surface area contributed by atoms with Crippen molar-refractivity contribution in [2.75, 3.05) is 0 Å². The van der Waals surface area contributed by atoms with Gasteiger partial charge in [-0.3, -0.25) is 0 Å². The number of rotatable bonds is 0. The SMILES string of the molecule is Cc1cc2n(c1)CCC/C2=N/O. The van der Waals surface area contributed by atoms with Crippen LogP contribution in [0, 0.1) is 6.92 Å². The van der Waals surface area contributed by atoms with Crippen molar-refractivity contribution in [1.29, 1.82) is 0 Å². The first-order chi connectivity index (χ1) is 5.81. The lowest BCUT2D eigenvalue weighted by Gasteiger charge is -2.15. The second-order valence-corrected chi connectivity index (χ2v) is 3.25. The minimum absolute atomic E-state index is 0.814. The van der Waals surface area contributed by atoms with Crippen LogP contribution >= 0.6 is 0 Å². The van der Waals surface area contributed by atoms with E-state index in [9.17, 15) is 0 Å². The van der Waals surface area contributed by atoms with Crippen molar-refractivity contribution >= 4 is 5.71 Å². The van der Waals surface area contributed by atoms with E-state index in [0.717, 1.165) is 30.8 Å². The number of oxime groups is 1. The highest BCUT2D eigenvalue weighted by Gasteiger charge is 2.15. The van der Waals surface area contributed by atoms with Crippen LogP contribution in [0.5, 0.6) is 0 Å². The molecule has 3 heteroatoms. The van der Waals surface area contributed by atoms with Gasteiger partial charge in [-0.1, -0.05) is 5.16 Å². The Kier molecular flexibility index (Phi) is 1.64. The second kappa shape index (κ2) is 2.66. The maximum Gasteiger partial charge on any atom is 0.103 e. The largest absolute Gasteiger partial charge is 0.411 e. The second-order valence-electron chi connectivity index (χ2n) is 3.25. The number of nitrogens with zero attached hydrogens (tertiary/aromatic N) is 2. The molecule has 0 aromatic carbocycles. The van der Waals surface area contributed by atoms with Gasteiger partial charge in [0.2, 0.25) is 0 Å². The van der Waals surface area contributed by atoms with Crippen LogP contribution in [0.25, 0.3) is 0 Å². The smallest absolute Gasteiger partial charge is 0.103 e. The zero-order valence-electron chi connectivity index (χ0n) is 7.12.